The summed E-state index contributed by atoms with van der Waals surface area (Å²) in [4.78, 5) is 26.2. The second kappa shape index (κ2) is 53.5. The standard InChI is InChI=1S/C60H109NO5/c1-4-7-10-13-16-19-22-25-28-29-32-35-38-41-44-47-50-53-60(65)66-56(51-48-45-42-39-36-33-30-26-23-20-17-14-11-8-5-2)54-59(64)61-57(55-62)58(63)52-49-46-43-40-37-34-31-27-24-21-18-15-12-9-6-3/h8,11,17,20,26,30,36,39,45,48,56-58,62-63H,4-7,9-10,12-16,18-19,21-25,27-29,31-35,37-38,40-44,46-47,49-55H2,1-3H3,(H,61,64)/b11-8-,20-17-,30-26-,39-36-,48-45-. The summed E-state index contributed by atoms with van der Waals surface area (Å²) in [5, 5.41) is 23.8. The normalized spacial score (nSPS) is 13.6. The largest absolute Gasteiger partial charge is 0.461 e. The van der Waals surface area contributed by atoms with Gasteiger partial charge in [0, 0.05) is 12.8 Å². The van der Waals surface area contributed by atoms with Crippen molar-refractivity contribution in [1.82, 2.24) is 5.32 Å². The number of rotatable bonds is 51. The summed E-state index contributed by atoms with van der Waals surface area (Å²) in [7, 11) is 0. The third kappa shape index (κ3) is 48.0. The summed E-state index contributed by atoms with van der Waals surface area (Å²) in [6.07, 6.45) is 67.3. The first-order valence-electron chi connectivity index (χ1n) is 28.5. The molecule has 3 N–H and O–H groups in total. The number of amides is 1. The van der Waals surface area contributed by atoms with Gasteiger partial charge < -0.3 is 20.3 Å². The Morgan fingerprint density at radius 1 is 0.455 bits per heavy atom. The lowest BCUT2D eigenvalue weighted by molar-refractivity contribution is -0.150. The van der Waals surface area contributed by atoms with E-state index in [-0.39, 0.29) is 24.9 Å². The van der Waals surface area contributed by atoms with Crippen LogP contribution in [-0.4, -0.2) is 46.9 Å². The minimum atomic E-state index is -0.812. The summed E-state index contributed by atoms with van der Waals surface area (Å²) in [5.74, 6) is -0.569. The maximum Gasteiger partial charge on any atom is 0.306 e. The van der Waals surface area contributed by atoms with E-state index in [4.69, 9.17) is 4.74 Å². The zero-order chi connectivity index (χ0) is 48.1. The molecule has 0 fully saturated rings. The van der Waals surface area contributed by atoms with Gasteiger partial charge in [-0.25, -0.2) is 0 Å². The van der Waals surface area contributed by atoms with Crippen LogP contribution in [-0.2, 0) is 14.3 Å². The molecule has 384 valence electrons. The molecule has 0 aliphatic rings. The van der Waals surface area contributed by atoms with Crippen LogP contribution in [0.3, 0.4) is 0 Å². The zero-order valence-electron chi connectivity index (χ0n) is 43.8. The lowest BCUT2D eigenvalue weighted by Gasteiger charge is -2.24. The van der Waals surface area contributed by atoms with Crippen LogP contribution in [0.2, 0.25) is 0 Å². The number of ether oxygens (including phenoxy) is 1. The molecule has 0 aliphatic carbocycles. The Bertz CT molecular complexity index is 1170. The Kier molecular flexibility index (Phi) is 51.5. The highest BCUT2D eigenvalue weighted by Crippen LogP contribution is 2.18. The molecule has 0 radical (unpaired) electrons. The van der Waals surface area contributed by atoms with Gasteiger partial charge in [0.05, 0.1) is 25.2 Å². The number of allylic oxidation sites excluding steroid dienone is 9. The summed E-state index contributed by atoms with van der Waals surface area (Å²) >= 11 is 0. The molecule has 0 aromatic rings. The topological polar surface area (TPSA) is 95.9 Å². The predicted molar refractivity (Wildman–Crippen MR) is 287 cm³/mol. The van der Waals surface area contributed by atoms with Gasteiger partial charge in [-0.2, -0.15) is 0 Å². The number of hydrogen-bond donors (Lipinski definition) is 3. The van der Waals surface area contributed by atoms with E-state index in [1.807, 2.05) is 6.08 Å². The molecule has 0 saturated heterocycles. The first-order chi connectivity index (χ1) is 32.5. The van der Waals surface area contributed by atoms with Crippen molar-refractivity contribution < 1.29 is 24.5 Å². The smallest absolute Gasteiger partial charge is 0.306 e. The lowest BCUT2D eigenvalue weighted by atomic mass is 10.0. The van der Waals surface area contributed by atoms with Crippen LogP contribution in [0.5, 0.6) is 0 Å². The van der Waals surface area contributed by atoms with E-state index >= 15 is 0 Å². The fourth-order valence-electron chi connectivity index (χ4n) is 8.57. The van der Waals surface area contributed by atoms with Crippen molar-refractivity contribution in [3.05, 3.63) is 60.8 Å². The number of hydrogen-bond acceptors (Lipinski definition) is 5. The molecule has 0 aromatic heterocycles. The van der Waals surface area contributed by atoms with E-state index in [0.29, 0.717) is 19.3 Å². The minimum absolute atomic E-state index is 0.00127. The molecule has 0 aliphatic heterocycles. The molecule has 0 heterocycles. The SMILES string of the molecule is CC/C=C\C/C=C\C/C=C\C/C=C\C/C=C\CC(CC(=O)NC(CO)C(O)CCCCCCCCCCCCCCCCC)OC(=O)CCCCCCCCCCCCCCCCCCC. The van der Waals surface area contributed by atoms with Gasteiger partial charge in [0.25, 0.3) is 0 Å². The number of aliphatic hydroxyl groups is 2. The lowest BCUT2D eigenvalue weighted by Crippen LogP contribution is -2.46. The third-order valence-electron chi connectivity index (χ3n) is 12.9. The number of carbonyl (C=O) groups is 2. The fourth-order valence-corrected chi connectivity index (χ4v) is 8.57. The maximum atomic E-state index is 13.2. The molecular formula is C60H109NO5. The van der Waals surface area contributed by atoms with Crippen molar-refractivity contribution in [2.45, 2.75) is 302 Å². The molecule has 3 unspecified atom stereocenters. The Morgan fingerprint density at radius 2 is 0.788 bits per heavy atom. The zero-order valence-corrected chi connectivity index (χ0v) is 43.8. The summed E-state index contributed by atoms with van der Waals surface area (Å²) in [6.45, 7) is 6.37. The summed E-state index contributed by atoms with van der Waals surface area (Å²) < 4.78 is 5.89. The maximum absolute atomic E-state index is 13.2. The van der Waals surface area contributed by atoms with Crippen LogP contribution in [0.1, 0.15) is 284 Å². The first kappa shape index (κ1) is 63.6. The molecule has 3 atom stereocenters. The van der Waals surface area contributed by atoms with Gasteiger partial charge in [-0.15, -0.1) is 0 Å². The average Bonchev–Trinajstić information content (AvgIpc) is 3.31. The van der Waals surface area contributed by atoms with Gasteiger partial charge in [0.1, 0.15) is 6.10 Å². The van der Waals surface area contributed by atoms with E-state index in [0.717, 1.165) is 70.6 Å². The molecule has 66 heavy (non-hydrogen) atoms. The highest BCUT2D eigenvalue weighted by molar-refractivity contribution is 5.77. The molecule has 0 saturated carbocycles. The number of esters is 1. The molecule has 6 nitrogen and oxygen atoms in total. The Hall–Kier alpha value is -2.44. The fraction of sp³-hybridized carbons (Fsp3) is 0.800. The monoisotopic (exact) mass is 924 g/mol. The van der Waals surface area contributed by atoms with Crippen molar-refractivity contribution in [3.8, 4) is 0 Å². The van der Waals surface area contributed by atoms with Gasteiger partial charge in [0.15, 0.2) is 0 Å². The first-order valence-corrected chi connectivity index (χ1v) is 28.5. The van der Waals surface area contributed by atoms with E-state index in [1.165, 1.54) is 167 Å². The minimum Gasteiger partial charge on any atom is -0.461 e. The van der Waals surface area contributed by atoms with Gasteiger partial charge >= 0.3 is 5.97 Å². The molecule has 0 bridgehead atoms. The Morgan fingerprint density at radius 3 is 1.15 bits per heavy atom. The van der Waals surface area contributed by atoms with Crippen LogP contribution in [0, 0.1) is 0 Å². The van der Waals surface area contributed by atoms with Crippen molar-refractivity contribution in [2.24, 2.45) is 0 Å². The molecule has 0 spiro atoms. The molecule has 1 amide bonds. The van der Waals surface area contributed by atoms with Crippen molar-refractivity contribution in [1.29, 1.82) is 0 Å². The molecule has 0 aromatic carbocycles. The summed E-state index contributed by atoms with van der Waals surface area (Å²) in [6, 6.07) is -0.732. The van der Waals surface area contributed by atoms with Crippen LogP contribution in [0.25, 0.3) is 0 Å². The number of unbranched alkanes of at least 4 members (excludes halogenated alkanes) is 30. The highest BCUT2D eigenvalue weighted by atomic mass is 16.5. The third-order valence-corrected chi connectivity index (χ3v) is 12.9. The number of carbonyl (C=O) groups excluding carboxylic acids is 2. The van der Waals surface area contributed by atoms with Gasteiger partial charge in [-0.05, 0) is 44.9 Å². The van der Waals surface area contributed by atoms with Crippen LogP contribution in [0.15, 0.2) is 60.8 Å². The highest BCUT2D eigenvalue weighted by Gasteiger charge is 2.23. The van der Waals surface area contributed by atoms with E-state index in [1.54, 1.807) is 0 Å². The van der Waals surface area contributed by atoms with Crippen molar-refractivity contribution in [3.63, 3.8) is 0 Å². The second-order valence-corrected chi connectivity index (χ2v) is 19.3. The second-order valence-electron chi connectivity index (χ2n) is 19.3. The molecular weight excluding hydrogens is 815 g/mol. The Balaban J connectivity index is 4.64. The number of aliphatic hydroxyl groups excluding tert-OH is 2. The van der Waals surface area contributed by atoms with Gasteiger partial charge in [0.2, 0.25) is 5.91 Å². The van der Waals surface area contributed by atoms with Crippen molar-refractivity contribution in [2.75, 3.05) is 6.61 Å². The van der Waals surface area contributed by atoms with Crippen LogP contribution >= 0.6 is 0 Å². The number of nitrogens with one attached hydrogen (secondary N) is 1. The van der Waals surface area contributed by atoms with E-state index < -0.39 is 18.2 Å². The quantitative estimate of drug-likeness (QED) is 0.0321. The molecule has 6 heteroatoms. The Labute approximate surface area is 409 Å². The molecule has 0 rings (SSSR count). The average molecular weight is 925 g/mol. The van der Waals surface area contributed by atoms with E-state index in [9.17, 15) is 19.8 Å². The van der Waals surface area contributed by atoms with Gasteiger partial charge in [-0.1, -0.05) is 281 Å². The van der Waals surface area contributed by atoms with Crippen LogP contribution in [0.4, 0.5) is 0 Å². The van der Waals surface area contributed by atoms with Gasteiger partial charge in [-0.3, -0.25) is 9.59 Å². The van der Waals surface area contributed by atoms with E-state index in [2.05, 4.69) is 80.8 Å². The van der Waals surface area contributed by atoms with Crippen molar-refractivity contribution >= 4 is 11.9 Å². The summed E-state index contributed by atoms with van der Waals surface area (Å²) in [5.41, 5.74) is 0. The van der Waals surface area contributed by atoms with Crippen LogP contribution < -0.4 is 5.32 Å². The predicted octanol–water partition coefficient (Wildman–Crippen LogP) is 17.6.